The molecule has 1 rings (SSSR count). The predicted octanol–water partition coefficient (Wildman–Crippen LogP) is 1.84. The molecular formula is C9H11ClN2O. The van der Waals surface area contributed by atoms with Crippen LogP contribution in [0.5, 0.6) is 0 Å². The van der Waals surface area contributed by atoms with E-state index in [2.05, 4.69) is 4.98 Å². The minimum atomic E-state index is 0.138. The third-order valence-corrected chi connectivity index (χ3v) is 1.92. The number of Topliss-reactive ketones (excluding diaryl/α,β-unsaturated/α-hetero) is 1. The Balaban J connectivity index is 2.75. The summed E-state index contributed by atoms with van der Waals surface area (Å²) in [5.74, 6) is 0.588. The average Bonchev–Trinajstić information content (AvgIpc) is 2.06. The SMILES string of the molecule is CC(=O)CCc1cc(Cl)cnc1N. The Hall–Kier alpha value is -1.09. The first-order chi connectivity index (χ1) is 6.09. The zero-order chi connectivity index (χ0) is 9.84. The van der Waals surface area contributed by atoms with Crippen LogP contribution < -0.4 is 5.73 Å². The monoisotopic (exact) mass is 198 g/mol. The average molecular weight is 199 g/mol. The largest absolute Gasteiger partial charge is 0.383 e. The Morgan fingerprint density at radius 2 is 2.38 bits per heavy atom. The molecule has 3 nitrogen and oxygen atoms in total. The molecule has 0 unspecified atom stereocenters. The van der Waals surface area contributed by atoms with E-state index in [-0.39, 0.29) is 5.78 Å². The lowest BCUT2D eigenvalue weighted by Gasteiger charge is -2.02. The number of pyridine rings is 1. The lowest BCUT2D eigenvalue weighted by Crippen LogP contribution is -2.00. The maximum Gasteiger partial charge on any atom is 0.130 e. The number of nitrogens with two attached hydrogens (primary N) is 1. The van der Waals surface area contributed by atoms with Crippen molar-refractivity contribution in [3.63, 3.8) is 0 Å². The van der Waals surface area contributed by atoms with E-state index in [1.54, 1.807) is 13.0 Å². The van der Waals surface area contributed by atoms with Crippen LogP contribution in [-0.4, -0.2) is 10.8 Å². The second-order valence-corrected chi connectivity index (χ2v) is 3.34. The molecule has 0 aliphatic carbocycles. The number of aryl methyl sites for hydroxylation is 1. The molecular weight excluding hydrogens is 188 g/mol. The summed E-state index contributed by atoms with van der Waals surface area (Å²) < 4.78 is 0. The summed E-state index contributed by atoms with van der Waals surface area (Å²) >= 11 is 5.73. The van der Waals surface area contributed by atoms with Crippen LogP contribution in [0.4, 0.5) is 5.82 Å². The van der Waals surface area contributed by atoms with Gasteiger partial charge in [0.25, 0.3) is 0 Å². The van der Waals surface area contributed by atoms with Crippen LogP contribution in [0.25, 0.3) is 0 Å². The molecule has 13 heavy (non-hydrogen) atoms. The quantitative estimate of drug-likeness (QED) is 0.807. The molecule has 0 radical (unpaired) electrons. The second kappa shape index (κ2) is 4.23. The van der Waals surface area contributed by atoms with E-state index in [4.69, 9.17) is 17.3 Å². The third-order valence-electron chi connectivity index (χ3n) is 1.71. The van der Waals surface area contributed by atoms with Crippen LogP contribution in [-0.2, 0) is 11.2 Å². The topological polar surface area (TPSA) is 56.0 Å². The smallest absolute Gasteiger partial charge is 0.130 e. The van der Waals surface area contributed by atoms with E-state index in [0.29, 0.717) is 23.7 Å². The number of anilines is 1. The molecule has 70 valence electrons. The summed E-state index contributed by atoms with van der Waals surface area (Å²) in [6, 6.07) is 1.74. The fourth-order valence-electron chi connectivity index (χ4n) is 1.00. The molecule has 2 N–H and O–H groups in total. The van der Waals surface area contributed by atoms with Crippen LogP contribution in [0.2, 0.25) is 5.02 Å². The summed E-state index contributed by atoms with van der Waals surface area (Å²) in [4.78, 5) is 14.6. The van der Waals surface area contributed by atoms with Gasteiger partial charge in [-0.05, 0) is 25.0 Å². The number of rotatable bonds is 3. The van der Waals surface area contributed by atoms with Crippen molar-refractivity contribution in [1.29, 1.82) is 0 Å². The van der Waals surface area contributed by atoms with Gasteiger partial charge in [-0.2, -0.15) is 0 Å². The lowest BCUT2D eigenvalue weighted by molar-refractivity contribution is -0.116. The van der Waals surface area contributed by atoms with E-state index in [9.17, 15) is 4.79 Å². The van der Waals surface area contributed by atoms with Gasteiger partial charge >= 0.3 is 0 Å². The minimum Gasteiger partial charge on any atom is -0.383 e. The number of nitrogen functional groups attached to an aromatic ring is 1. The molecule has 0 saturated heterocycles. The summed E-state index contributed by atoms with van der Waals surface area (Å²) in [6.45, 7) is 1.55. The summed E-state index contributed by atoms with van der Waals surface area (Å²) in [6.07, 6.45) is 2.58. The van der Waals surface area contributed by atoms with Crippen LogP contribution in [0.1, 0.15) is 18.9 Å². The number of halogens is 1. The molecule has 0 spiro atoms. The van der Waals surface area contributed by atoms with E-state index in [0.717, 1.165) is 5.56 Å². The molecule has 1 aromatic heterocycles. The molecule has 0 saturated carbocycles. The number of carbonyl (C=O) groups is 1. The van der Waals surface area contributed by atoms with Gasteiger partial charge in [-0.15, -0.1) is 0 Å². The zero-order valence-electron chi connectivity index (χ0n) is 7.38. The first-order valence-corrected chi connectivity index (χ1v) is 4.36. The van der Waals surface area contributed by atoms with Gasteiger partial charge in [0.05, 0.1) is 5.02 Å². The van der Waals surface area contributed by atoms with Gasteiger partial charge < -0.3 is 10.5 Å². The van der Waals surface area contributed by atoms with Crippen LogP contribution in [0.15, 0.2) is 12.3 Å². The van der Waals surface area contributed by atoms with Crippen molar-refractivity contribution in [3.8, 4) is 0 Å². The van der Waals surface area contributed by atoms with Gasteiger partial charge in [0.2, 0.25) is 0 Å². The highest BCUT2D eigenvalue weighted by molar-refractivity contribution is 6.30. The Bertz CT molecular complexity index is 325. The number of hydrogen-bond acceptors (Lipinski definition) is 3. The fraction of sp³-hybridized carbons (Fsp3) is 0.333. The number of hydrogen-bond donors (Lipinski definition) is 1. The molecule has 0 aromatic carbocycles. The molecule has 0 aliphatic rings. The highest BCUT2D eigenvalue weighted by Gasteiger charge is 2.02. The molecule has 4 heteroatoms. The molecule has 0 aliphatic heterocycles. The van der Waals surface area contributed by atoms with E-state index < -0.39 is 0 Å². The maximum absolute atomic E-state index is 10.7. The van der Waals surface area contributed by atoms with Gasteiger partial charge in [-0.25, -0.2) is 4.98 Å². The van der Waals surface area contributed by atoms with Crippen molar-refractivity contribution in [2.45, 2.75) is 19.8 Å². The Morgan fingerprint density at radius 1 is 1.69 bits per heavy atom. The number of ketones is 1. The van der Waals surface area contributed by atoms with Crippen molar-refractivity contribution in [2.24, 2.45) is 0 Å². The van der Waals surface area contributed by atoms with Crippen molar-refractivity contribution in [3.05, 3.63) is 22.8 Å². The minimum absolute atomic E-state index is 0.138. The molecule has 0 atom stereocenters. The Morgan fingerprint density at radius 3 is 3.00 bits per heavy atom. The molecule has 1 heterocycles. The van der Waals surface area contributed by atoms with Gasteiger partial charge in [0.1, 0.15) is 11.6 Å². The standard InChI is InChI=1S/C9H11ClN2O/c1-6(13)2-3-7-4-8(10)5-12-9(7)11/h4-5H,2-3H2,1H3,(H2,11,12). The van der Waals surface area contributed by atoms with E-state index in [1.807, 2.05) is 0 Å². The first-order valence-electron chi connectivity index (χ1n) is 3.99. The van der Waals surface area contributed by atoms with Crippen LogP contribution in [0.3, 0.4) is 0 Å². The third kappa shape index (κ3) is 3.03. The van der Waals surface area contributed by atoms with Crippen molar-refractivity contribution in [1.82, 2.24) is 4.98 Å². The molecule has 1 aromatic rings. The van der Waals surface area contributed by atoms with Gasteiger partial charge in [0.15, 0.2) is 0 Å². The van der Waals surface area contributed by atoms with Gasteiger partial charge in [-0.1, -0.05) is 11.6 Å². The summed E-state index contributed by atoms with van der Waals surface area (Å²) in [7, 11) is 0. The van der Waals surface area contributed by atoms with Gasteiger partial charge in [-0.3, -0.25) is 0 Å². The molecule has 0 amide bonds. The van der Waals surface area contributed by atoms with Gasteiger partial charge in [0, 0.05) is 12.6 Å². The normalized spacial score (nSPS) is 10.0. The fourth-order valence-corrected chi connectivity index (χ4v) is 1.18. The Labute approximate surface area is 81.9 Å². The first kappa shape index (κ1) is 9.99. The zero-order valence-corrected chi connectivity index (χ0v) is 8.14. The van der Waals surface area contributed by atoms with E-state index >= 15 is 0 Å². The summed E-state index contributed by atoms with van der Waals surface area (Å²) in [5, 5.41) is 0.549. The summed E-state index contributed by atoms with van der Waals surface area (Å²) in [5.41, 5.74) is 6.43. The van der Waals surface area contributed by atoms with Crippen LogP contribution >= 0.6 is 11.6 Å². The highest BCUT2D eigenvalue weighted by Crippen LogP contribution is 2.16. The number of carbonyl (C=O) groups excluding carboxylic acids is 1. The highest BCUT2D eigenvalue weighted by atomic mass is 35.5. The molecule has 0 fully saturated rings. The van der Waals surface area contributed by atoms with Crippen LogP contribution in [0, 0.1) is 0 Å². The van der Waals surface area contributed by atoms with E-state index in [1.165, 1.54) is 6.20 Å². The van der Waals surface area contributed by atoms with Crippen molar-refractivity contribution in [2.75, 3.05) is 5.73 Å². The van der Waals surface area contributed by atoms with Crippen molar-refractivity contribution < 1.29 is 4.79 Å². The lowest BCUT2D eigenvalue weighted by atomic mass is 10.1. The number of aromatic nitrogens is 1. The predicted molar refractivity (Wildman–Crippen MR) is 52.7 cm³/mol. The Kier molecular flexibility index (Phi) is 3.25. The van der Waals surface area contributed by atoms with Crippen molar-refractivity contribution >= 4 is 23.2 Å². The molecule has 0 bridgehead atoms. The maximum atomic E-state index is 10.7. The number of nitrogens with zero attached hydrogens (tertiary/aromatic N) is 1. The second-order valence-electron chi connectivity index (χ2n) is 2.90.